The first kappa shape index (κ1) is 26.4. The Morgan fingerprint density at radius 3 is 2.43 bits per heavy atom. The standard InChI is InChI=1S/C27H27FNO5P/c1-18(2)27-23(9-6-14-34-35(33)17-22(30)15-26(31)32)24(19-10-12-21(28)13-11-19)16-25(29-27)20-7-4-3-5-8-20/h3-13,16,18,22,30H,14-15,17H2,1-2H3/p+1. The number of aliphatic hydroxyl groups is 1. The molecule has 1 heterocycles. The zero-order valence-electron chi connectivity index (χ0n) is 19.6. The van der Waals surface area contributed by atoms with Gasteiger partial charge in [-0.15, -0.1) is 4.52 Å². The average Bonchev–Trinajstić information content (AvgIpc) is 2.82. The topological polar surface area (TPSA) is 96.7 Å². The molecule has 0 aliphatic rings. The van der Waals surface area contributed by atoms with Crippen molar-refractivity contribution in [2.45, 2.75) is 32.3 Å². The Hall–Kier alpha value is -3.25. The molecule has 6 nitrogen and oxygen atoms in total. The highest BCUT2D eigenvalue weighted by atomic mass is 31.1. The maximum atomic E-state index is 13.6. The number of carbonyl (C=O) groups is 1. The summed E-state index contributed by atoms with van der Waals surface area (Å²) in [5.74, 6) is -1.41. The minimum atomic E-state index is -2.21. The van der Waals surface area contributed by atoms with Crippen LogP contribution in [0.25, 0.3) is 28.5 Å². The van der Waals surface area contributed by atoms with E-state index in [2.05, 4.69) is 0 Å². The molecule has 0 aliphatic carbocycles. The molecule has 3 aromatic rings. The number of rotatable bonds is 11. The largest absolute Gasteiger partial charge is 0.511 e. The predicted octanol–water partition coefficient (Wildman–Crippen LogP) is 6.29. The van der Waals surface area contributed by atoms with E-state index >= 15 is 0 Å². The summed E-state index contributed by atoms with van der Waals surface area (Å²) in [6, 6.07) is 18.0. The number of benzene rings is 2. The number of aromatic nitrogens is 1. The van der Waals surface area contributed by atoms with Gasteiger partial charge >= 0.3 is 14.0 Å². The second-order valence-corrected chi connectivity index (χ2v) is 9.64. The first-order valence-corrected chi connectivity index (χ1v) is 12.6. The first-order chi connectivity index (χ1) is 16.7. The number of hydrogen-bond acceptors (Lipinski definition) is 5. The van der Waals surface area contributed by atoms with Crippen molar-refractivity contribution in [3.63, 3.8) is 0 Å². The number of nitrogens with zero attached hydrogens (tertiary/aromatic N) is 1. The van der Waals surface area contributed by atoms with Crippen LogP contribution < -0.4 is 0 Å². The third kappa shape index (κ3) is 7.62. The zero-order valence-corrected chi connectivity index (χ0v) is 20.5. The van der Waals surface area contributed by atoms with Crippen molar-refractivity contribution in [1.29, 1.82) is 0 Å². The van der Waals surface area contributed by atoms with Crippen molar-refractivity contribution in [3.05, 3.63) is 83.8 Å². The van der Waals surface area contributed by atoms with Gasteiger partial charge in [0.05, 0.1) is 17.8 Å². The van der Waals surface area contributed by atoms with E-state index in [0.29, 0.717) is 0 Å². The number of hydrogen-bond donors (Lipinski definition) is 2. The maximum Gasteiger partial charge on any atom is 0.511 e. The Labute approximate surface area is 205 Å². The molecule has 0 bridgehead atoms. The minimum absolute atomic E-state index is 0.00975. The van der Waals surface area contributed by atoms with Crippen molar-refractivity contribution in [1.82, 2.24) is 4.98 Å². The quantitative estimate of drug-likeness (QED) is 0.303. The van der Waals surface area contributed by atoms with Crippen LogP contribution in [-0.4, -0.2) is 40.0 Å². The number of aliphatic carboxylic acids is 1. The van der Waals surface area contributed by atoms with Crippen LogP contribution in [0.5, 0.6) is 0 Å². The van der Waals surface area contributed by atoms with E-state index in [9.17, 15) is 18.9 Å². The fourth-order valence-electron chi connectivity index (χ4n) is 3.60. The molecule has 2 N–H and O–H groups in total. The zero-order chi connectivity index (χ0) is 25.4. The van der Waals surface area contributed by atoms with E-state index in [1.165, 1.54) is 12.1 Å². The van der Waals surface area contributed by atoms with Crippen LogP contribution in [-0.2, 0) is 13.9 Å². The fraction of sp³-hybridized carbons (Fsp3) is 0.259. The molecule has 0 aliphatic heterocycles. The molecule has 0 saturated heterocycles. The summed E-state index contributed by atoms with van der Waals surface area (Å²) in [6.07, 6.45) is 1.58. The molecule has 2 aromatic carbocycles. The lowest BCUT2D eigenvalue weighted by molar-refractivity contribution is -0.138. The molecule has 182 valence electrons. The molecule has 0 saturated carbocycles. The highest BCUT2D eigenvalue weighted by molar-refractivity contribution is 7.39. The van der Waals surface area contributed by atoms with Crippen molar-refractivity contribution in [2.75, 3.05) is 12.8 Å². The summed E-state index contributed by atoms with van der Waals surface area (Å²) >= 11 is 0. The van der Waals surface area contributed by atoms with E-state index in [4.69, 9.17) is 14.6 Å². The summed E-state index contributed by atoms with van der Waals surface area (Å²) in [5.41, 5.74) is 5.17. The second-order valence-electron chi connectivity index (χ2n) is 8.35. The fourth-order valence-corrected chi connectivity index (χ4v) is 4.43. The lowest BCUT2D eigenvalue weighted by Crippen LogP contribution is -2.15. The maximum absolute atomic E-state index is 13.6. The molecule has 1 aromatic heterocycles. The van der Waals surface area contributed by atoms with Gasteiger partial charge < -0.3 is 10.2 Å². The van der Waals surface area contributed by atoms with E-state index < -0.39 is 26.5 Å². The normalized spacial score (nSPS) is 12.8. The van der Waals surface area contributed by atoms with Crippen molar-refractivity contribution in [2.24, 2.45) is 0 Å². The molecule has 0 fully saturated rings. The molecule has 3 rings (SSSR count). The highest BCUT2D eigenvalue weighted by Crippen LogP contribution is 2.34. The van der Waals surface area contributed by atoms with Crippen molar-refractivity contribution in [3.8, 4) is 22.4 Å². The summed E-state index contributed by atoms with van der Waals surface area (Å²) < 4.78 is 30.9. The molecular weight excluding hydrogens is 468 g/mol. The number of carboxylic acids is 1. The molecule has 0 amide bonds. The van der Waals surface area contributed by atoms with Gasteiger partial charge in [0.15, 0.2) is 0 Å². The van der Waals surface area contributed by atoms with Crippen molar-refractivity contribution >= 4 is 20.1 Å². The number of halogens is 1. The van der Waals surface area contributed by atoms with Crippen LogP contribution in [0.3, 0.4) is 0 Å². The lowest BCUT2D eigenvalue weighted by Gasteiger charge is -2.17. The lowest BCUT2D eigenvalue weighted by atomic mass is 9.92. The van der Waals surface area contributed by atoms with Crippen LogP contribution in [0.15, 0.2) is 66.7 Å². The van der Waals surface area contributed by atoms with Crippen LogP contribution >= 0.6 is 8.03 Å². The van der Waals surface area contributed by atoms with E-state index in [1.54, 1.807) is 18.2 Å². The summed E-state index contributed by atoms with van der Waals surface area (Å²) in [5, 5.41) is 18.3. The van der Waals surface area contributed by atoms with E-state index in [0.717, 1.165) is 33.6 Å². The van der Waals surface area contributed by atoms with Gasteiger partial charge in [-0.25, -0.2) is 4.39 Å². The van der Waals surface area contributed by atoms with Crippen LogP contribution in [0.1, 0.15) is 37.4 Å². The smallest absolute Gasteiger partial charge is 0.481 e. The third-order valence-electron chi connectivity index (χ3n) is 5.23. The van der Waals surface area contributed by atoms with Crippen LogP contribution in [0.2, 0.25) is 0 Å². The predicted molar refractivity (Wildman–Crippen MR) is 135 cm³/mol. The summed E-state index contributed by atoms with van der Waals surface area (Å²) in [7, 11) is -2.21. The van der Waals surface area contributed by atoms with Crippen molar-refractivity contribution < 1.29 is 28.5 Å². The Bertz CT molecular complexity index is 1200. The Kier molecular flexibility index (Phi) is 9.38. The van der Waals surface area contributed by atoms with Gasteiger partial charge in [-0.2, -0.15) is 0 Å². The number of pyridine rings is 1. The van der Waals surface area contributed by atoms with Gasteiger partial charge in [-0.1, -0.05) is 68.5 Å². The van der Waals surface area contributed by atoms with Gasteiger partial charge in [0, 0.05) is 11.1 Å². The van der Waals surface area contributed by atoms with Gasteiger partial charge in [0.2, 0.25) is 6.16 Å². The third-order valence-corrected chi connectivity index (χ3v) is 6.39. The summed E-state index contributed by atoms with van der Waals surface area (Å²) in [6.45, 7) is 4.09. The van der Waals surface area contributed by atoms with Crippen LogP contribution in [0, 0.1) is 5.82 Å². The first-order valence-electron chi connectivity index (χ1n) is 11.2. The van der Waals surface area contributed by atoms with E-state index in [1.807, 2.05) is 56.3 Å². The average molecular weight is 496 g/mol. The molecule has 0 spiro atoms. The molecule has 2 unspecified atom stereocenters. The summed E-state index contributed by atoms with van der Waals surface area (Å²) in [4.78, 5) is 15.6. The molecule has 0 radical (unpaired) electrons. The molecular formula is C27H28FNO5P+. The minimum Gasteiger partial charge on any atom is -0.481 e. The Balaban J connectivity index is 1.92. The molecule has 35 heavy (non-hydrogen) atoms. The Morgan fingerprint density at radius 1 is 1.11 bits per heavy atom. The molecule has 2 atom stereocenters. The van der Waals surface area contributed by atoms with Gasteiger partial charge in [0.1, 0.15) is 18.5 Å². The monoisotopic (exact) mass is 496 g/mol. The van der Waals surface area contributed by atoms with Gasteiger partial charge in [0.25, 0.3) is 0 Å². The van der Waals surface area contributed by atoms with E-state index in [-0.39, 0.29) is 24.5 Å². The Morgan fingerprint density at radius 2 is 1.80 bits per heavy atom. The molecule has 8 heteroatoms. The highest BCUT2D eigenvalue weighted by Gasteiger charge is 2.25. The number of carboxylic acid groups (broad SMARTS) is 1. The second kappa shape index (κ2) is 12.5. The van der Waals surface area contributed by atoms with Gasteiger partial charge in [-0.3, -0.25) is 9.78 Å². The van der Waals surface area contributed by atoms with Gasteiger partial charge in [-0.05, 0) is 39.8 Å². The SMILES string of the molecule is CC(C)c1nc(-c2ccccc2)cc(-c2ccc(F)cc2)c1C=CCO[P+](=O)CC(O)CC(=O)O. The number of aliphatic hydroxyl groups excluding tert-OH is 1. The van der Waals surface area contributed by atoms with Crippen LogP contribution in [0.4, 0.5) is 4.39 Å².